The van der Waals surface area contributed by atoms with E-state index in [4.69, 9.17) is 21.9 Å². The van der Waals surface area contributed by atoms with E-state index in [0.717, 1.165) is 36.3 Å². The fourth-order valence-corrected chi connectivity index (χ4v) is 3.40. The first-order chi connectivity index (χ1) is 12.8. The second-order valence-electron chi connectivity index (χ2n) is 7.62. The van der Waals surface area contributed by atoms with Gasteiger partial charge in [0.05, 0.1) is 17.0 Å². The van der Waals surface area contributed by atoms with E-state index in [-0.39, 0.29) is 17.3 Å². The third kappa shape index (κ3) is 4.99. The van der Waals surface area contributed by atoms with Gasteiger partial charge in [0, 0.05) is 5.56 Å². The zero-order valence-corrected chi connectivity index (χ0v) is 16.5. The van der Waals surface area contributed by atoms with Gasteiger partial charge in [0.25, 0.3) is 0 Å². The predicted octanol–water partition coefficient (Wildman–Crippen LogP) is 3.77. The van der Waals surface area contributed by atoms with Crippen molar-refractivity contribution in [2.45, 2.75) is 56.5 Å². The highest BCUT2D eigenvalue weighted by Gasteiger charge is 2.30. The number of hydrogen-bond donors (Lipinski definition) is 2. The van der Waals surface area contributed by atoms with Crippen LogP contribution in [-0.4, -0.2) is 22.0 Å². The zero-order valence-electron chi connectivity index (χ0n) is 15.7. The molecule has 1 aliphatic carbocycles. The maximum Gasteiger partial charge on any atom is 0.240 e. The molecule has 6 heteroatoms. The summed E-state index contributed by atoms with van der Waals surface area (Å²) in [6.07, 6.45) is 6.96. The molecule has 2 aromatic rings. The lowest BCUT2D eigenvalue weighted by Crippen LogP contribution is -2.50. The summed E-state index contributed by atoms with van der Waals surface area (Å²) < 4.78 is 5.47. The molecule has 5 nitrogen and oxygen atoms in total. The van der Waals surface area contributed by atoms with Crippen LogP contribution >= 0.6 is 11.6 Å². The van der Waals surface area contributed by atoms with Gasteiger partial charge in [-0.2, -0.15) is 0 Å². The standard InChI is InChI=1S/C21H26ClN3O2/c1-21(2,23)20(26)24-17(10-6-9-14-7-4-3-5-8-14)19-16-13-15(22)11-12-18(16)27-25-19/h3-5,7-8,11-12,15,17H,6,9-10,13,23H2,1-2H3,(H,24,26)/t15?,17-/m1/s1. The number of fused-ring (bicyclic) bond motifs is 1. The molecule has 0 fully saturated rings. The van der Waals surface area contributed by atoms with Crippen LogP contribution < -0.4 is 11.1 Å². The first-order valence-electron chi connectivity index (χ1n) is 9.29. The zero-order chi connectivity index (χ0) is 19.4. The smallest absolute Gasteiger partial charge is 0.240 e. The number of amides is 1. The van der Waals surface area contributed by atoms with Crippen molar-refractivity contribution >= 4 is 23.6 Å². The number of allylic oxidation sites excluding steroid dienone is 1. The molecule has 27 heavy (non-hydrogen) atoms. The second kappa shape index (κ2) is 8.28. The summed E-state index contributed by atoms with van der Waals surface area (Å²) in [4.78, 5) is 12.5. The summed E-state index contributed by atoms with van der Waals surface area (Å²) in [7, 11) is 0. The molecule has 1 aromatic heterocycles. The van der Waals surface area contributed by atoms with Crippen LogP contribution in [0.5, 0.6) is 0 Å². The SMILES string of the molecule is CC(C)(N)C(=O)N[C@H](CCCc1ccccc1)c1noc2c1CC(Cl)C=C2. The molecule has 0 aliphatic heterocycles. The Balaban J connectivity index is 1.77. The quantitative estimate of drug-likeness (QED) is 0.708. The summed E-state index contributed by atoms with van der Waals surface area (Å²) in [6, 6.07) is 10.0. The molecule has 0 radical (unpaired) electrons. The van der Waals surface area contributed by atoms with Crippen molar-refractivity contribution < 1.29 is 9.32 Å². The number of carbonyl (C=O) groups is 1. The third-order valence-corrected chi connectivity index (χ3v) is 5.03. The Labute approximate surface area is 164 Å². The third-order valence-electron chi connectivity index (χ3n) is 4.73. The molecule has 3 N–H and O–H groups in total. The summed E-state index contributed by atoms with van der Waals surface area (Å²) in [5, 5.41) is 7.21. The Morgan fingerprint density at radius 1 is 1.41 bits per heavy atom. The summed E-state index contributed by atoms with van der Waals surface area (Å²) >= 11 is 6.28. The highest BCUT2D eigenvalue weighted by molar-refractivity contribution is 6.22. The molecule has 1 heterocycles. The largest absolute Gasteiger partial charge is 0.356 e. The van der Waals surface area contributed by atoms with Crippen LogP contribution in [0.25, 0.3) is 6.08 Å². The average molecular weight is 388 g/mol. The molecular weight excluding hydrogens is 362 g/mol. The minimum Gasteiger partial charge on any atom is -0.356 e. The van der Waals surface area contributed by atoms with E-state index in [2.05, 4.69) is 22.6 Å². The van der Waals surface area contributed by atoms with Gasteiger partial charge in [-0.25, -0.2) is 0 Å². The number of nitrogens with zero attached hydrogens (tertiary/aromatic N) is 1. The van der Waals surface area contributed by atoms with Crippen molar-refractivity contribution in [1.82, 2.24) is 10.5 Å². The molecule has 1 unspecified atom stereocenters. The Bertz CT molecular complexity index is 809. The number of carbonyl (C=O) groups excluding carboxylic acids is 1. The topological polar surface area (TPSA) is 81.2 Å². The average Bonchev–Trinajstić information content (AvgIpc) is 3.03. The van der Waals surface area contributed by atoms with Crippen molar-refractivity contribution in [3.8, 4) is 0 Å². The predicted molar refractivity (Wildman–Crippen MR) is 107 cm³/mol. The monoisotopic (exact) mass is 387 g/mol. The maximum absolute atomic E-state index is 12.5. The van der Waals surface area contributed by atoms with E-state index >= 15 is 0 Å². The van der Waals surface area contributed by atoms with Gasteiger partial charge >= 0.3 is 0 Å². The van der Waals surface area contributed by atoms with Crippen LogP contribution in [-0.2, 0) is 17.6 Å². The van der Waals surface area contributed by atoms with Gasteiger partial charge < -0.3 is 15.6 Å². The van der Waals surface area contributed by atoms with E-state index < -0.39 is 5.54 Å². The van der Waals surface area contributed by atoms with Crippen LogP contribution in [0.3, 0.4) is 0 Å². The normalized spacial score (nSPS) is 17.4. The van der Waals surface area contributed by atoms with Gasteiger partial charge in [0.15, 0.2) is 5.76 Å². The number of hydrogen-bond acceptors (Lipinski definition) is 4. The molecule has 1 amide bonds. The minimum absolute atomic E-state index is 0.0951. The van der Waals surface area contributed by atoms with Crippen LogP contribution in [0.1, 0.15) is 55.3 Å². The number of nitrogens with two attached hydrogens (primary N) is 1. The van der Waals surface area contributed by atoms with E-state index in [0.29, 0.717) is 6.42 Å². The van der Waals surface area contributed by atoms with Crippen LogP contribution in [0.15, 0.2) is 40.9 Å². The van der Waals surface area contributed by atoms with Crippen molar-refractivity contribution in [3.05, 3.63) is 59.0 Å². The van der Waals surface area contributed by atoms with Crippen molar-refractivity contribution in [2.75, 3.05) is 0 Å². The molecule has 2 atom stereocenters. The molecule has 144 valence electrons. The Morgan fingerprint density at radius 3 is 2.85 bits per heavy atom. The van der Waals surface area contributed by atoms with Gasteiger partial charge in [-0.3, -0.25) is 4.79 Å². The minimum atomic E-state index is -0.962. The molecule has 1 aliphatic rings. The number of alkyl halides is 1. The van der Waals surface area contributed by atoms with Gasteiger partial charge in [-0.1, -0.05) is 41.6 Å². The fourth-order valence-electron chi connectivity index (χ4n) is 3.18. The van der Waals surface area contributed by atoms with Gasteiger partial charge in [-0.05, 0) is 51.2 Å². The lowest BCUT2D eigenvalue weighted by Gasteiger charge is -2.24. The molecular formula is C21H26ClN3O2. The number of aromatic nitrogens is 1. The van der Waals surface area contributed by atoms with Gasteiger partial charge in [-0.15, -0.1) is 11.6 Å². The maximum atomic E-state index is 12.5. The van der Waals surface area contributed by atoms with Crippen LogP contribution in [0, 0.1) is 0 Å². The van der Waals surface area contributed by atoms with E-state index in [1.165, 1.54) is 5.56 Å². The van der Waals surface area contributed by atoms with E-state index in [1.807, 2.05) is 30.4 Å². The molecule has 0 bridgehead atoms. The summed E-state index contributed by atoms with van der Waals surface area (Å²) in [5.74, 6) is 0.508. The number of rotatable bonds is 7. The van der Waals surface area contributed by atoms with Crippen molar-refractivity contribution in [1.29, 1.82) is 0 Å². The Morgan fingerprint density at radius 2 is 2.15 bits per heavy atom. The summed E-state index contributed by atoms with van der Waals surface area (Å²) in [5.41, 5.74) is 8.01. The molecule has 0 saturated heterocycles. The fraction of sp³-hybridized carbons (Fsp3) is 0.429. The van der Waals surface area contributed by atoms with Crippen LogP contribution in [0.2, 0.25) is 0 Å². The highest BCUT2D eigenvalue weighted by atomic mass is 35.5. The summed E-state index contributed by atoms with van der Waals surface area (Å²) in [6.45, 7) is 3.39. The first-order valence-corrected chi connectivity index (χ1v) is 9.72. The first kappa shape index (κ1) is 19.6. The lowest BCUT2D eigenvalue weighted by atomic mass is 9.94. The van der Waals surface area contributed by atoms with E-state index in [9.17, 15) is 4.79 Å². The number of halogens is 1. The lowest BCUT2D eigenvalue weighted by molar-refractivity contribution is -0.126. The Hall–Kier alpha value is -2.11. The Kier molecular flexibility index (Phi) is 6.02. The van der Waals surface area contributed by atoms with Crippen LogP contribution in [0.4, 0.5) is 0 Å². The van der Waals surface area contributed by atoms with Gasteiger partial charge in [0.2, 0.25) is 5.91 Å². The van der Waals surface area contributed by atoms with E-state index in [1.54, 1.807) is 13.8 Å². The second-order valence-corrected chi connectivity index (χ2v) is 8.18. The number of nitrogens with one attached hydrogen (secondary N) is 1. The molecule has 3 rings (SSSR count). The highest BCUT2D eigenvalue weighted by Crippen LogP contribution is 2.31. The number of aryl methyl sites for hydroxylation is 1. The molecule has 0 spiro atoms. The van der Waals surface area contributed by atoms with Gasteiger partial charge in [0.1, 0.15) is 5.69 Å². The van der Waals surface area contributed by atoms with Crippen molar-refractivity contribution in [2.24, 2.45) is 5.73 Å². The molecule has 0 saturated carbocycles. The molecule has 1 aromatic carbocycles. The number of benzene rings is 1. The van der Waals surface area contributed by atoms with Crippen molar-refractivity contribution in [3.63, 3.8) is 0 Å².